The molecule has 0 amide bonds. The van der Waals surface area contributed by atoms with Crippen LogP contribution in [0.1, 0.15) is 52.9 Å². The SMILES string of the molecule is CC1(C)[C@H](O)CC[C@]2(C)[C@@H]1CC[C@@]13C=C[C@@H](C(=O)[C@H]12)[C@](O)(CO)C3. The fraction of sp³-hybridized carbons (Fsp3) is 0.850. The summed E-state index contributed by atoms with van der Waals surface area (Å²) in [6.45, 7) is 6.17. The molecule has 0 unspecified atom stereocenters. The lowest BCUT2D eigenvalue weighted by Gasteiger charge is -2.67. The Kier molecular flexibility index (Phi) is 3.29. The minimum Gasteiger partial charge on any atom is -0.393 e. The van der Waals surface area contributed by atoms with Gasteiger partial charge in [0.25, 0.3) is 0 Å². The Morgan fingerprint density at radius 2 is 1.92 bits per heavy atom. The normalized spacial score (nSPS) is 55.2. The van der Waals surface area contributed by atoms with Gasteiger partial charge in [0, 0.05) is 11.3 Å². The van der Waals surface area contributed by atoms with Crippen molar-refractivity contribution in [2.75, 3.05) is 6.61 Å². The molecule has 5 aliphatic rings. The van der Waals surface area contributed by atoms with Crippen LogP contribution in [0.5, 0.6) is 0 Å². The molecular weight excluding hydrogens is 304 g/mol. The lowest BCUT2D eigenvalue weighted by atomic mass is 9.37. The van der Waals surface area contributed by atoms with Crippen LogP contribution in [0.2, 0.25) is 0 Å². The molecule has 5 rings (SSSR count). The summed E-state index contributed by atoms with van der Waals surface area (Å²) in [5.74, 6) is -0.264. The summed E-state index contributed by atoms with van der Waals surface area (Å²) >= 11 is 0. The van der Waals surface area contributed by atoms with Gasteiger partial charge >= 0.3 is 0 Å². The average molecular weight is 334 g/mol. The molecule has 0 aromatic carbocycles. The van der Waals surface area contributed by atoms with Crippen molar-refractivity contribution in [1.29, 1.82) is 0 Å². The van der Waals surface area contributed by atoms with E-state index < -0.39 is 11.5 Å². The van der Waals surface area contributed by atoms with E-state index in [1.165, 1.54) is 0 Å². The topological polar surface area (TPSA) is 77.8 Å². The van der Waals surface area contributed by atoms with Gasteiger partial charge in [-0.3, -0.25) is 4.79 Å². The Morgan fingerprint density at radius 1 is 1.21 bits per heavy atom. The standard InChI is InChI=1S/C20H30O4/c1-17(2)13-5-9-19-8-4-12(20(24,10-19)11-21)15(23)16(19)18(13,3)7-6-14(17)22/h4,8,12-14,16,21-22,24H,5-7,9-11H2,1-3H3/t12-,13+,14+,16-,18+,19+,20+/m0/s1. The van der Waals surface area contributed by atoms with Crippen molar-refractivity contribution in [3.8, 4) is 0 Å². The second-order valence-corrected chi connectivity index (χ2v) is 9.82. The lowest BCUT2D eigenvalue weighted by molar-refractivity contribution is -0.210. The number of carbonyl (C=O) groups excluding carboxylic acids is 1. The van der Waals surface area contributed by atoms with E-state index in [2.05, 4.69) is 26.8 Å². The van der Waals surface area contributed by atoms with Gasteiger partial charge in [-0.2, -0.15) is 0 Å². The summed E-state index contributed by atoms with van der Waals surface area (Å²) in [4.78, 5) is 13.4. The fourth-order valence-electron chi connectivity index (χ4n) is 7.21. The van der Waals surface area contributed by atoms with E-state index in [4.69, 9.17) is 0 Å². The third kappa shape index (κ3) is 1.77. The van der Waals surface area contributed by atoms with Gasteiger partial charge < -0.3 is 15.3 Å². The first-order chi connectivity index (χ1) is 11.1. The molecule has 2 bridgehead atoms. The number of hydrogen-bond donors (Lipinski definition) is 3. The van der Waals surface area contributed by atoms with E-state index in [0.29, 0.717) is 12.3 Å². The number of hydrogen-bond acceptors (Lipinski definition) is 4. The van der Waals surface area contributed by atoms with Crippen LogP contribution in [0.15, 0.2) is 12.2 Å². The molecule has 0 aromatic heterocycles. The van der Waals surface area contributed by atoms with E-state index in [1.54, 1.807) is 0 Å². The molecule has 3 fully saturated rings. The van der Waals surface area contributed by atoms with Crippen LogP contribution in [-0.2, 0) is 4.79 Å². The number of Topliss-reactive ketones (excluding diaryl/α,β-unsaturated/α-hetero) is 1. The fourth-order valence-corrected chi connectivity index (χ4v) is 7.21. The Labute approximate surface area is 144 Å². The van der Waals surface area contributed by atoms with Crippen LogP contribution < -0.4 is 0 Å². The van der Waals surface area contributed by atoms with Crippen molar-refractivity contribution in [2.45, 2.75) is 64.6 Å². The number of fused-ring (bicyclic) bond motifs is 2. The van der Waals surface area contributed by atoms with Gasteiger partial charge in [0.2, 0.25) is 0 Å². The summed E-state index contributed by atoms with van der Waals surface area (Å²) in [5, 5.41) is 31.1. The highest BCUT2D eigenvalue weighted by molar-refractivity contribution is 5.91. The second-order valence-electron chi connectivity index (χ2n) is 9.82. The molecule has 4 nitrogen and oxygen atoms in total. The number of carbonyl (C=O) groups is 1. The summed E-state index contributed by atoms with van der Waals surface area (Å²) in [5.41, 5.74) is -1.96. The molecule has 134 valence electrons. The van der Waals surface area contributed by atoms with E-state index in [1.807, 2.05) is 6.08 Å². The number of allylic oxidation sites excluding steroid dienone is 1. The van der Waals surface area contributed by atoms with Crippen molar-refractivity contribution in [1.82, 2.24) is 0 Å². The van der Waals surface area contributed by atoms with Crippen LogP contribution in [0.3, 0.4) is 0 Å². The molecule has 0 aliphatic heterocycles. The van der Waals surface area contributed by atoms with Crippen molar-refractivity contribution >= 4 is 5.78 Å². The maximum absolute atomic E-state index is 13.4. The summed E-state index contributed by atoms with van der Waals surface area (Å²) in [7, 11) is 0. The minimum atomic E-state index is -1.30. The molecule has 3 N–H and O–H groups in total. The van der Waals surface area contributed by atoms with Gasteiger partial charge in [-0.15, -0.1) is 0 Å². The van der Waals surface area contributed by atoms with Gasteiger partial charge in [0.1, 0.15) is 11.4 Å². The number of ketones is 1. The van der Waals surface area contributed by atoms with Crippen LogP contribution in [0, 0.1) is 34.0 Å². The third-order valence-corrected chi connectivity index (χ3v) is 8.34. The number of rotatable bonds is 1. The number of aliphatic hydroxyl groups excluding tert-OH is 2. The van der Waals surface area contributed by atoms with Gasteiger partial charge in [0.05, 0.1) is 18.6 Å². The molecule has 24 heavy (non-hydrogen) atoms. The molecule has 5 aliphatic carbocycles. The van der Waals surface area contributed by atoms with Crippen molar-refractivity contribution in [3.05, 3.63) is 12.2 Å². The first kappa shape index (κ1) is 16.7. The van der Waals surface area contributed by atoms with Crippen LogP contribution in [-0.4, -0.2) is 39.4 Å². The van der Waals surface area contributed by atoms with Gasteiger partial charge in [0.15, 0.2) is 0 Å². The highest BCUT2D eigenvalue weighted by Crippen LogP contribution is 2.69. The minimum absolute atomic E-state index is 0.0997. The van der Waals surface area contributed by atoms with Crippen LogP contribution >= 0.6 is 0 Å². The molecule has 7 atom stereocenters. The Hall–Kier alpha value is -0.710. The molecule has 0 radical (unpaired) electrons. The van der Waals surface area contributed by atoms with Crippen molar-refractivity contribution in [2.24, 2.45) is 34.0 Å². The number of aliphatic hydroxyl groups is 3. The largest absolute Gasteiger partial charge is 0.393 e. The summed E-state index contributed by atoms with van der Waals surface area (Å²) < 4.78 is 0. The Morgan fingerprint density at radius 3 is 2.58 bits per heavy atom. The zero-order valence-electron chi connectivity index (χ0n) is 15.0. The van der Waals surface area contributed by atoms with Crippen LogP contribution in [0.25, 0.3) is 0 Å². The Bertz CT molecular complexity index is 611. The predicted molar refractivity (Wildman–Crippen MR) is 90.1 cm³/mol. The third-order valence-electron chi connectivity index (χ3n) is 8.34. The molecule has 0 heterocycles. The van der Waals surface area contributed by atoms with E-state index in [0.717, 1.165) is 25.7 Å². The quantitative estimate of drug-likeness (QED) is 0.642. The zero-order chi connectivity index (χ0) is 17.5. The van der Waals surface area contributed by atoms with Crippen LogP contribution in [0.4, 0.5) is 0 Å². The lowest BCUT2D eigenvalue weighted by Crippen LogP contribution is -2.69. The van der Waals surface area contributed by atoms with Gasteiger partial charge in [-0.05, 0) is 48.9 Å². The van der Waals surface area contributed by atoms with Gasteiger partial charge in [-0.25, -0.2) is 0 Å². The second kappa shape index (κ2) is 4.72. The molecule has 0 saturated heterocycles. The molecule has 3 saturated carbocycles. The van der Waals surface area contributed by atoms with Crippen molar-refractivity contribution in [3.63, 3.8) is 0 Å². The monoisotopic (exact) mass is 334 g/mol. The maximum atomic E-state index is 13.4. The highest BCUT2D eigenvalue weighted by atomic mass is 16.3. The van der Waals surface area contributed by atoms with E-state index in [9.17, 15) is 20.1 Å². The Balaban J connectivity index is 1.81. The van der Waals surface area contributed by atoms with Crippen molar-refractivity contribution < 1.29 is 20.1 Å². The van der Waals surface area contributed by atoms with E-state index in [-0.39, 0.29) is 40.7 Å². The molecule has 4 heteroatoms. The first-order valence-corrected chi connectivity index (χ1v) is 9.35. The maximum Gasteiger partial charge on any atom is 0.147 e. The zero-order valence-corrected chi connectivity index (χ0v) is 15.0. The van der Waals surface area contributed by atoms with Gasteiger partial charge in [-0.1, -0.05) is 32.9 Å². The average Bonchev–Trinajstić information content (AvgIpc) is 2.51. The smallest absolute Gasteiger partial charge is 0.147 e. The van der Waals surface area contributed by atoms with E-state index >= 15 is 0 Å². The molecular formula is C20H30O4. The summed E-state index contributed by atoms with van der Waals surface area (Å²) in [6.07, 6.45) is 7.60. The molecule has 1 spiro atoms. The first-order valence-electron chi connectivity index (χ1n) is 9.35. The molecule has 0 aromatic rings. The summed E-state index contributed by atoms with van der Waals surface area (Å²) in [6, 6.07) is 0. The highest BCUT2D eigenvalue weighted by Gasteiger charge is 2.69. The predicted octanol–water partition coefficient (Wildman–Crippen LogP) is 2.07.